The summed E-state index contributed by atoms with van der Waals surface area (Å²) in [7, 11) is 2.03. The summed E-state index contributed by atoms with van der Waals surface area (Å²) in [5, 5.41) is 17.2. The lowest BCUT2D eigenvalue weighted by atomic mass is 9.91. The maximum Gasteiger partial charge on any atom is 0.131 e. The fourth-order valence-electron chi connectivity index (χ4n) is 2.91. The van der Waals surface area contributed by atoms with Crippen molar-refractivity contribution in [2.24, 2.45) is 7.05 Å². The number of rotatable bonds is 8. The highest BCUT2D eigenvalue weighted by molar-refractivity contribution is 5.51. The third kappa shape index (κ3) is 3.15. The molecule has 0 aliphatic heterocycles. The first-order chi connectivity index (χ1) is 9.69. The van der Waals surface area contributed by atoms with Crippen LogP contribution in [0.25, 0.3) is 0 Å². The second-order valence-corrected chi connectivity index (χ2v) is 5.65. The first kappa shape index (κ1) is 15.3. The van der Waals surface area contributed by atoms with Crippen molar-refractivity contribution in [1.29, 1.82) is 0 Å². The highest BCUT2D eigenvalue weighted by Gasteiger charge is 2.29. The average Bonchev–Trinajstić information content (AvgIpc) is 2.64. The summed E-state index contributed by atoms with van der Waals surface area (Å²) < 4.78 is 2.01. The minimum Gasteiger partial charge on any atom is -0.396 e. The SMILES string of the molecule is CCNCc1c(C)nn(C)c1N(CCCO)C1CCC1. The van der Waals surface area contributed by atoms with Crippen LogP contribution in [0.3, 0.4) is 0 Å². The average molecular weight is 280 g/mol. The van der Waals surface area contributed by atoms with Gasteiger partial charge in [-0.1, -0.05) is 6.92 Å². The molecule has 20 heavy (non-hydrogen) atoms. The monoisotopic (exact) mass is 280 g/mol. The summed E-state index contributed by atoms with van der Waals surface area (Å²) in [6, 6.07) is 0.622. The van der Waals surface area contributed by atoms with E-state index in [1.165, 1.54) is 30.6 Å². The number of aryl methyl sites for hydroxylation is 2. The largest absolute Gasteiger partial charge is 0.396 e. The highest BCUT2D eigenvalue weighted by Crippen LogP contribution is 2.32. The van der Waals surface area contributed by atoms with Gasteiger partial charge in [0.15, 0.2) is 0 Å². The van der Waals surface area contributed by atoms with E-state index in [2.05, 4.69) is 29.2 Å². The maximum atomic E-state index is 9.16. The lowest BCUT2D eigenvalue weighted by Crippen LogP contribution is -2.42. The molecule has 0 aromatic carbocycles. The molecule has 0 spiro atoms. The molecule has 2 rings (SSSR count). The Kier molecular flexibility index (Phi) is 5.43. The molecule has 0 bridgehead atoms. The Balaban J connectivity index is 2.25. The Bertz CT molecular complexity index is 426. The number of aliphatic hydroxyl groups is 1. The molecule has 1 saturated carbocycles. The van der Waals surface area contributed by atoms with Crippen molar-refractivity contribution in [1.82, 2.24) is 15.1 Å². The molecule has 0 unspecified atom stereocenters. The van der Waals surface area contributed by atoms with Crippen molar-refractivity contribution in [2.45, 2.75) is 52.1 Å². The molecular formula is C15H28N4O. The molecule has 1 aliphatic rings. The van der Waals surface area contributed by atoms with E-state index in [0.717, 1.165) is 31.7 Å². The van der Waals surface area contributed by atoms with Crippen LogP contribution in [0.1, 0.15) is 43.9 Å². The van der Waals surface area contributed by atoms with E-state index in [-0.39, 0.29) is 6.61 Å². The number of aromatic nitrogens is 2. The molecule has 1 aromatic heterocycles. The van der Waals surface area contributed by atoms with E-state index in [9.17, 15) is 0 Å². The Hall–Kier alpha value is -1.07. The van der Waals surface area contributed by atoms with E-state index < -0.39 is 0 Å². The van der Waals surface area contributed by atoms with Gasteiger partial charge in [0.1, 0.15) is 5.82 Å². The van der Waals surface area contributed by atoms with Crippen LogP contribution in [0.2, 0.25) is 0 Å². The number of anilines is 1. The normalized spacial score (nSPS) is 15.4. The molecule has 0 amide bonds. The van der Waals surface area contributed by atoms with Gasteiger partial charge in [0.2, 0.25) is 0 Å². The summed E-state index contributed by atoms with van der Waals surface area (Å²) in [6.45, 7) is 7.21. The van der Waals surface area contributed by atoms with Crippen molar-refractivity contribution in [2.75, 3.05) is 24.6 Å². The minimum atomic E-state index is 0.253. The van der Waals surface area contributed by atoms with E-state index in [0.29, 0.717) is 6.04 Å². The third-order valence-electron chi connectivity index (χ3n) is 4.21. The molecule has 5 nitrogen and oxygen atoms in total. The van der Waals surface area contributed by atoms with E-state index in [1.54, 1.807) is 0 Å². The number of nitrogens with one attached hydrogen (secondary N) is 1. The molecule has 5 heteroatoms. The standard InChI is InChI=1S/C15H28N4O/c1-4-16-11-14-12(2)17-18(3)15(14)19(9-6-10-20)13-7-5-8-13/h13,16,20H,4-11H2,1-3H3. The Morgan fingerprint density at radius 3 is 2.75 bits per heavy atom. The Morgan fingerprint density at radius 1 is 1.45 bits per heavy atom. The number of nitrogens with zero attached hydrogens (tertiary/aromatic N) is 3. The minimum absolute atomic E-state index is 0.253. The molecule has 0 saturated heterocycles. The van der Waals surface area contributed by atoms with Gasteiger partial charge < -0.3 is 15.3 Å². The lowest BCUT2D eigenvalue weighted by Gasteiger charge is -2.39. The summed E-state index contributed by atoms with van der Waals surface area (Å²) in [6.07, 6.45) is 4.66. The molecule has 0 radical (unpaired) electrons. The smallest absolute Gasteiger partial charge is 0.131 e. The van der Waals surface area contributed by atoms with Crippen LogP contribution in [-0.4, -0.2) is 40.6 Å². The van der Waals surface area contributed by atoms with Crippen LogP contribution in [0.5, 0.6) is 0 Å². The molecule has 1 aliphatic carbocycles. The topological polar surface area (TPSA) is 53.3 Å². The van der Waals surface area contributed by atoms with Crippen LogP contribution in [0.15, 0.2) is 0 Å². The fourth-order valence-corrected chi connectivity index (χ4v) is 2.91. The molecule has 1 aromatic rings. The predicted molar refractivity (Wildman–Crippen MR) is 82.0 cm³/mol. The van der Waals surface area contributed by atoms with Crippen LogP contribution in [0, 0.1) is 6.92 Å². The number of aliphatic hydroxyl groups excluding tert-OH is 1. The maximum absolute atomic E-state index is 9.16. The van der Waals surface area contributed by atoms with Gasteiger partial charge >= 0.3 is 0 Å². The zero-order valence-electron chi connectivity index (χ0n) is 13.0. The molecule has 114 valence electrons. The number of hydrogen-bond acceptors (Lipinski definition) is 4. The zero-order chi connectivity index (χ0) is 14.5. The van der Waals surface area contributed by atoms with Gasteiger partial charge in [-0.2, -0.15) is 5.10 Å². The van der Waals surface area contributed by atoms with Crippen molar-refractivity contribution in [3.8, 4) is 0 Å². The summed E-state index contributed by atoms with van der Waals surface area (Å²) >= 11 is 0. The Labute approximate surface area is 122 Å². The van der Waals surface area contributed by atoms with E-state index in [1.807, 2.05) is 11.7 Å². The van der Waals surface area contributed by atoms with Crippen LogP contribution < -0.4 is 10.2 Å². The van der Waals surface area contributed by atoms with Crippen LogP contribution >= 0.6 is 0 Å². The second-order valence-electron chi connectivity index (χ2n) is 5.65. The molecule has 2 N–H and O–H groups in total. The summed E-state index contributed by atoms with van der Waals surface area (Å²) in [4.78, 5) is 2.46. The zero-order valence-corrected chi connectivity index (χ0v) is 13.0. The Morgan fingerprint density at radius 2 is 2.20 bits per heavy atom. The second kappa shape index (κ2) is 7.09. The van der Waals surface area contributed by atoms with Crippen molar-refractivity contribution < 1.29 is 5.11 Å². The van der Waals surface area contributed by atoms with Crippen molar-refractivity contribution in [3.05, 3.63) is 11.3 Å². The van der Waals surface area contributed by atoms with Gasteiger partial charge in [-0.3, -0.25) is 4.68 Å². The summed E-state index contributed by atoms with van der Waals surface area (Å²) in [5.74, 6) is 1.24. The van der Waals surface area contributed by atoms with Gasteiger partial charge in [-0.25, -0.2) is 0 Å². The van der Waals surface area contributed by atoms with E-state index >= 15 is 0 Å². The molecule has 1 heterocycles. The van der Waals surface area contributed by atoms with Crippen LogP contribution in [-0.2, 0) is 13.6 Å². The number of hydrogen-bond donors (Lipinski definition) is 2. The van der Waals surface area contributed by atoms with Gasteiger partial charge in [0.25, 0.3) is 0 Å². The third-order valence-corrected chi connectivity index (χ3v) is 4.21. The summed E-state index contributed by atoms with van der Waals surface area (Å²) in [5.41, 5.74) is 2.41. The van der Waals surface area contributed by atoms with Gasteiger partial charge in [-0.05, 0) is 39.2 Å². The fraction of sp³-hybridized carbons (Fsp3) is 0.800. The molecule has 0 atom stereocenters. The van der Waals surface area contributed by atoms with Crippen LogP contribution in [0.4, 0.5) is 5.82 Å². The lowest BCUT2D eigenvalue weighted by molar-refractivity contribution is 0.282. The van der Waals surface area contributed by atoms with E-state index in [4.69, 9.17) is 5.11 Å². The van der Waals surface area contributed by atoms with Gasteiger partial charge in [0.05, 0.1) is 5.69 Å². The first-order valence-corrected chi connectivity index (χ1v) is 7.79. The first-order valence-electron chi connectivity index (χ1n) is 7.79. The van der Waals surface area contributed by atoms with Crippen molar-refractivity contribution >= 4 is 5.82 Å². The van der Waals surface area contributed by atoms with Crippen molar-refractivity contribution in [3.63, 3.8) is 0 Å². The molecular weight excluding hydrogens is 252 g/mol. The molecule has 1 fully saturated rings. The highest BCUT2D eigenvalue weighted by atomic mass is 16.3. The quantitative estimate of drug-likeness (QED) is 0.759. The van der Waals surface area contributed by atoms with Gasteiger partial charge in [0, 0.05) is 38.3 Å². The predicted octanol–water partition coefficient (Wildman–Crippen LogP) is 1.58. The van der Waals surface area contributed by atoms with Gasteiger partial charge in [-0.15, -0.1) is 0 Å².